The van der Waals surface area contributed by atoms with Crippen LogP contribution in [0.25, 0.3) is 0 Å². The first-order valence-electron chi connectivity index (χ1n) is 8.56. The van der Waals surface area contributed by atoms with E-state index in [1.165, 1.54) is 14.0 Å². The molecule has 0 saturated carbocycles. The van der Waals surface area contributed by atoms with Crippen LogP contribution in [0.2, 0.25) is 0 Å². The van der Waals surface area contributed by atoms with E-state index in [0.717, 1.165) is 11.1 Å². The number of benzene rings is 2. The van der Waals surface area contributed by atoms with E-state index < -0.39 is 24.5 Å². The number of Topliss-reactive ketones (excluding diaryl/α,β-unsaturated/α-hetero) is 1. The highest BCUT2D eigenvalue weighted by atomic mass is 16.5. The molecule has 0 unspecified atom stereocenters. The minimum atomic E-state index is -0.668. The van der Waals surface area contributed by atoms with Crippen LogP contribution < -0.4 is 10.1 Å². The van der Waals surface area contributed by atoms with Crippen molar-refractivity contribution >= 4 is 17.7 Å². The third kappa shape index (κ3) is 5.95. The number of ether oxygens (including phenoxy) is 2. The molecular weight excluding hydrogens is 346 g/mol. The highest BCUT2D eigenvalue weighted by Gasteiger charge is 2.19. The lowest BCUT2D eigenvalue weighted by Crippen LogP contribution is -2.43. The number of carbonyl (C=O) groups excluding carboxylic acids is 3. The van der Waals surface area contributed by atoms with E-state index in [1.54, 1.807) is 18.2 Å². The van der Waals surface area contributed by atoms with Gasteiger partial charge in [-0.05, 0) is 43.5 Å². The molecule has 0 aliphatic rings. The molecule has 1 amide bonds. The van der Waals surface area contributed by atoms with Crippen molar-refractivity contribution in [1.29, 1.82) is 0 Å². The van der Waals surface area contributed by atoms with Gasteiger partial charge in [-0.3, -0.25) is 9.59 Å². The molecule has 0 aliphatic carbocycles. The fourth-order valence-electron chi connectivity index (χ4n) is 2.54. The molecule has 0 fully saturated rings. The molecule has 27 heavy (non-hydrogen) atoms. The summed E-state index contributed by atoms with van der Waals surface area (Å²) in [4.78, 5) is 36.0. The maximum Gasteiger partial charge on any atom is 0.338 e. The fraction of sp³-hybridized carbons (Fsp3) is 0.286. The van der Waals surface area contributed by atoms with Gasteiger partial charge in [-0.2, -0.15) is 0 Å². The zero-order valence-corrected chi connectivity index (χ0v) is 15.7. The van der Waals surface area contributed by atoms with Crippen molar-refractivity contribution < 1.29 is 23.9 Å². The Kier molecular flexibility index (Phi) is 7.11. The molecular formula is C21H23NO5. The number of amides is 1. The maximum atomic E-state index is 12.1. The van der Waals surface area contributed by atoms with Gasteiger partial charge in [0.1, 0.15) is 5.75 Å². The van der Waals surface area contributed by atoms with E-state index in [0.29, 0.717) is 12.2 Å². The Morgan fingerprint density at radius 1 is 1.07 bits per heavy atom. The summed E-state index contributed by atoms with van der Waals surface area (Å²) < 4.78 is 10.2. The molecule has 2 aromatic rings. The van der Waals surface area contributed by atoms with Crippen molar-refractivity contribution in [1.82, 2.24) is 5.32 Å². The number of esters is 1. The summed E-state index contributed by atoms with van der Waals surface area (Å²) in [6.07, 6.45) is 0.380. The summed E-state index contributed by atoms with van der Waals surface area (Å²) in [6.45, 7) is 2.81. The van der Waals surface area contributed by atoms with Crippen LogP contribution in [0.15, 0.2) is 48.5 Å². The van der Waals surface area contributed by atoms with Gasteiger partial charge in [0.25, 0.3) is 5.91 Å². The predicted octanol–water partition coefficient (Wildman–Crippen LogP) is 2.48. The minimum absolute atomic E-state index is 0.165. The summed E-state index contributed by atoms with van der Waals surface area (Å²) in [5.74, 6) is -0.764. The second kappa shape index (κ2) is 9.52. The van der Waals surface area contributed by atoms with Crippen LogP contribution in [0, 0.1) is 6.92 Å². The Labute approximate surface area is 158 Å². The van der Waals surface area contributed by atoms with Gasteiger partial charge in [0.2, 0.25) is 0 Å². The van der Waals surface area contributed by atoms with E-state index >= 15 is 0 Å². The number of rotatable bonds is 8. The number of aryl methyl sites for hydroxylation is 1. The monoisotopic (exact) mass is 369 g/mol. The summed E-state index contributed by atoms with van der Waals surface area (Å²) in [6, 6.07) is 13.6. The quantitative estimate of drug-likeness (QED) is 0.723. The molecule has 0 radical (unpaired) electrons. The van der Waals surface area contributed by atoms with Gasteiger partial charge >= 0.3 is 5.97 Å². The van der Waals surface area contributed by atoms with Crippen LogP contribution in [-0.4, -0.2) is 37.4 Å². The van der Waals surface area contributed by atoms with Gasteiger partial charge in [0, 0.05) is 0 Å². The molecule has 0 aromatic heterocycles. The molecule has 0 saturated heterocycles. The second-order valence-corrected chi connectivity index (χ2v) is 6.18. The standard InChI is InChI=1S/C21H23NO5/c1-14-9-10-17(12-19(14)26-3)21(25)27-13-20(24)22-18(15(2)23)11-16-7-5-4-6-8-16/h4-10,12,18H,11,13H2,1-3H3,(H,22,24)/t18-/m0/s1. The first-order valence-corrected chi connectivity index (χ1v) is 8.56. The van der Waals surface area contributed by atoms with Gasteiger partial charge in [-0.25, -0.2) is 4.79 Å². The van der Waals surface area contributed by atoms with Crippen molar-refractivity contribution in [2.75, 3.05) is 13.7 Å². The summed E-state index contributed by atoms with van der Waals surface area (Å²) >= 11 is 0. The van der Waals surface area contributed by atoms with Crippen LogP contribution in [0.3, 0.4) is 0 Å². The van der Waals surface area contributed by atoms with Gasteiger partial charge in [-0.15, -0.1) is 0 Å². The van der Waals surface area contributed by atoms with Crippen molar-refractivity contribution in [3.63, 3.8) is 0 Å². The lowest BCUT2D eigenvalue weighted by atomic mass is 10.0. The number of hydrogen-bond donors (Lipinski definition) is 1. The summed E-state index contributed by atoms with van der Waals surface area (Å²) in [5.41, 5.74) is 2.11. The van der Waals surface area contributed by atoms with Crippen molar-refractivity contribution in [2.24, 2.45) is 0 Å². The smallest absolute Gasteiger partial charge is 0.338 e. The Hall–Kier alpha value is -3.15. The lowest BCUT2D eigenvalue weighted by Gasteiger charge is -2.16. The van der Waals surface area contributed by atoms with E-state index in [9.17, 15) is 14.4 Å². The molecule has 2 rings (SSSR count). The van der Waals surface area contributed by atoms with Crippen LogP contribution in [-0.2, 0) is 20.7 Å². The van der Waals surface area contributed by atoms with Crippen molar-refractivity contribution in [3.05, 3.63) is 65.2 Å². The molecule has 1 N–H and O–H groups in total. The maximum absolute atomic E-state index is 12.1. The normalized spacial score (nSPS) is 11.4. The Bertz CT molecular complexity index is 817. The molecule has 0 aliphatic heterocycles. The Morgan fingerprint density at radius 3 is 2.41 bits per heavy atom. The van der Waals surface area contributed by atoms with Crippen LogP contribution in [0.4, 0.5) is 0 Å². The van der Waals surface area contributed by atoms with E-state index in [2.05, 4.69) is 5.32 Å². The number of methoxy groups -OCH3 is 1. The number of carbonyl (C=O) groups is 3. The third-order valence-corrected chi connectivity index (χ3v) is 4.09. The molecule has 6 nitrogen and oxygen atoms in total. The van der Waals surface area contributed by atoms with Crippen molar-refractivity contribution in [2.45, 2.75) is 26.3 Å². The average Bonchev–Trinajstić information content (AvgIpc) is 2.66. The third-order valence-electron chi connectivity index (χ3n) is 4.09. The SMILES string of the molecule is COc1cc(C(=O)OCC(=O)N[C@@H](Cc2ccccc2)C(C)=O)ccc1C. The second-order valence-electron chi connectivity index (χ2n) is 6.18. The Balaban J connectivity index is 1.91. The molecule has 6 heteroatoms. The van der Waals surface area contributed by atoms with Crippen LogP contribution in [0.1, 0.15) is 28.4 Å². The van der Waals surface area contributed by atoms with E-state index in [4.69, 9.17) is 9.47 Å². The topological polar surface area (TPSA) is 81.7 Å². The predicted molar refractivity (Wildman–Crippen MR) is 101 cm³/mol. The summed E-state index contributed by atoms with van der Waals surface area (Å²) in [7, 11) is 1.51. The zero-order chi connectivity index (χ0) is 19.8. The Morgan fingerprint density at radius 2 is 1.78 bits per heavy atom. The van der Waals surface area contributed by atoms with Crippen LogP contribution in [0.5, 0.6) is 5.75 Å². The molecule has 0 spiro atoms. The van der Waals surface area contributed by atoms with E-state index in [1.807, 2.05) is 37.3 Å². The molecule has 1 atom stereocenters. The van der Waals surface area contributed by atoms with Gasteiger partial charge < -0.3 is 14.8 Å². The zero-order valence-electron chi connectivity index (χ0n) is 15.7. The first-order chi connectivity index (χ1) is 12.9. The fourth-order valence-corrected chi connectivity index (χ4v) is 2.54. The highest BCUT2D eigenvalue weighted by molar-refractivity contribution is 5.93. The van der Waals surface area contributed by atoms with Crippen molar-refractivity contribution in [3.8, 4) is 5.75 Å². The summed E-state index contributed by atoms with van der Waals surface area (Å²) in [5, 5.41) is 2.61. The molecule has 0 bridgehead atoms. The van der Waals surface area contributed by atoms with Crippen LogP contribution >= 0.6 is 0 Å². The number of nitrogens with one attached hydrogen (secondary N) is 1. The average molecular weight is 369 g/mol. The molecule has 0 heterocycles. The van der Waals surface area contributed by atoms with E-state index in [-0.39, 0.29) is 11.3 Å². The lowest BCUT2D eigenvalue weighted by molar-refractivity contribution is -0.128. The minimum Gasteiger partial charge on any atom is -0.496 e. The largest absolute Gasteiger partial charge is 0.496 e. The molecule has 2 aromatic carbocycles. The van der Waals surface area contributed by atoms with Gasteiger partial charge in [-0.1, -0.05) is 36.4 Å². The number of hydrogen-bond acceptors (Lipinski definition) is 5. The first kappa shape index (κ1) is 20.2. The molecule has 142 valence electrons. The van der Waals surface area contributed by atoms with Gasteiger partial charge in [0.05, 0.1) is 18.7 Å². The van der Waals surface area contributed by atoms with Gasteiger partial charge in [0.15, 0.2) is 12.4 Å². The highest BCUT2D eigenvalue weighted by Crippen LogP contribution is 2.19. The number of ketones is 1.